The van der Waals surface area contributed by atoms with Gasteiger partial charge in [-0.1, -0.05) is 23.8 Å². The van der Waals surface area contributed by atoms with E-state index in [1.165, 1.54) is 11.6 Å². The number of hydrogen-bond donors (Lipinski definition) is 2. The summed E-state index contributed by atoms with van der Waals surface area (Å²) < 4.78 is 10.7. The fourth-order valence-electron chi connectivity index (χ4n) is 2.23. The Hall–Kier alpha value is -3.02. The van der Waals surface area contributed by atoms with Crippen LogP contribution in [-0.4, -0.2) is 36.7 Å². The normalized spacial score (nSPS) is 10.2. The van der Waals surface area contributed by atoms with Crippen molar-refractivity contribution in [2.75, 3.05) is 19.8 Å². The summed E-state index contributed by atoms with van der Waals surface area (Å²) in [6.07, 6.45) is 1.63. The lowest BCUT2D eigenvalue weighted by Gasteiger charge is -2.08. The third-order valence-electron chi connectivity index (χ3n) is 3.60. The molecule has 0 unspecified atom stereocenters. The summed E-state index contributed by atoms with van der Waals surface area (Å²) in [5, 5.41) is 11.4. The molecule has 0 atom stereocenters. The second-order valence-corrected chi connectivity index (χ2v) is 5.83. The number of benzene rings is 2. The highest BCUT2D eigenvalue weighted by molar-refractivity contribution is 5.94. The topological polar surface area (TPSA) is 84.9 Å². The van der Waals surface area contributed by atoms with Crippen LogP contribution in [-0.2, 0) is 4.79 Å². The Kier molecular flexibility index (Phi) is 7.49. The number of hydrogen-bond acceptors (Lipinski definition) is 4. The molecule has 0 saturated carbocycles. The van der Waals surface area contributed by atoms with E-state index >= 15 is 0 Å². The van der Waals surface area contributed by atoms with E-state index in [-0.39, 0.29) is 5.91 Å². The van der Waals surface area contributed by atoms with Gasteiger partial charge in [-0.3, -0.25) is 4.79 Å². The van der Waals surface area contributed by atoms with Crippen molar-refractivity contribution in [3.05, 3.63) is 59.7 Å². The van der Waals surface area contributed by atoms with Crippen molar-refractivity contribution in [1.29, 1.82) is 0 Å². The number of unbranched alkanes of at least 4 members (excludes halogenated alkanes) is 1. The number of carbonyl (C=O) groups is 2. The molecule has 26 heavy (non-hydrogen) atoms. The molecule has 0 aliphatic rings. The maximum Gasteiger partial charge on any atom is 0.341 e. The Balaban J connectivity index is 1.66. The van der Waals surface area contributed by atoms with Crippen molar-refractivity contribution in [2.24, 2.45) is 0 Å². The predicted octanol–water partition coefficient (Wildman–Crippen LogP) is 3.05. The van der Waals surface area contributed by atoms with Crippen LogP contribution in [0.3, 0.4) is 0 Å². The summed E-state index contributed by atoms with van der Waals surface area (Å²) in [6, 6.07) is 14.3. The molecule has 0 aliphatic heterocycles. The van der Waals surface area contributed by atoms with Gasteiger partial charge in [-0.05, 0) is 50.1 Å². The molecule has 2 N–H and O–H groups in total. The minimum absolute atomic E-state index is 0.217. The van der Waals surface area contributed by atoms with Crippen LogP contribution in [0, 0.1) is 6.92 Å². The van der Waals surface area contributed by atoms with Gasteiger partial charge < -0.3 is 19.9 Å². The Morgan fingerprint density at radius 3 is 2.50 bits per heavy atom. The molecule has 0 heterocycles. The number of nitrogens with one attached hydrogen (secondary N) is 1. The predicted molar refractivity (Wildman–Crippen MR) is 97.8 cm³/mol. The molecule has 2 aromatic rings. The van der Waals surface area contributed by atoms with E-state index in [1.54, 1.807) is 18.2 Å². The molecule has 1 amide bonds. The molecule has 0 aliphatic carbocycles. The average Bonchev–Trinajstić information content (AvgIpc) is 2.64. The van der Waals surface area contributed by atoms with Crippen molar-refractivity contribution in [3.63, 3.8) is 0 Å². The third-order valence-corrected chi connectivity index (χ3v) is 3.60. The summed E-state index contributed by atoms with van der Waals surface area (Å²) in [5.41, 5.74) is 1.63. The van der Waals surface area contributed by atoms with Gasteiger partial charge in [0.25, 0.3) is 5.91 Å². The van der Waals surface area contributed by atoms with Crippen LogP contribution in [0.5, 0.6) is 11.5 Å². The zero-order chi connectivity index (χ0) is 18.8. The van der Waals surface area contributed by atoms with Crippen LogP contribution in [0.25, 0.3) is 0 Å². The molecule has 0 radical (unpaired) electrons. The zero-order valence-corrected chi connectivity index (χ0v) is 14.7. The molecular weight excluding hydrogens is 334 g/mol. The monoisotopic (exact) mass is 357 g/mol. The second-order valence-electron chi connectivity index (χ2n) is 5.83. The number of ether oxygens (including phenoxy) is 2. The van der Waals surface area contributed by atoms with Gasteiger partial charge in [0.2, 0.25) is 0 Å². The number of aliphatic carboxylic acids is 1. The van der Waals surface area contributed by atoms with Gasteiger partial charge in [0.05, 0.1) is 6.61 Å². The summed E-state index contributed by atoms with van der Waals surface area (Å²) >= 11 is 0. The van der Waals surface area contributed by atoms with Crippen LogP contribution in [0.2, 0.25) is 0 Å². The van der Waals surface area contributed by atoms with Crippen molar-refractivity contribution in [2.45, 2.75) is 19.8 Å². The molecular formula is C20H23NO5. The van der Waals surface area contributed by atoms with Crippen molar-refractivity contribution in [1.82, 2.24) is 5.32 Å². The Labute approximate surface area is 152 Å². The van der Waals surface area contributed by atoms with Crippen LogP contribution >= 0.6 is 0 Å². The first-order valence-electron chi connectivity index (χ1n) is 8.47. The SMILES string of the molecule is Cc1ccc(OCCCCNC(=O)c2cccc(OCC(=O)O)c2)cc1. The van der Waals surface area contributed by atoms with E-state index in [1.807, 2.05) is 31.2 Å². The van der Waals surface area contributed by atoms with E-state index < -0.39 is 12.6 Å². The van der Waals surface area contributed by atoms with Gasteiger partial charge in [0, 0.05) is 12.1 Å². The van der Waals surface area contributed by atoms with E-state index in [4.69, 9.17) is 14.6 Å². The Bertz CT molecular complexity index is 727. The lowest BCUT2D eigenvalue weighted by molar-refractivity contribution is -0.139. The van der Waals surface area contributed by atoms with Crippen LogP contribution in [0.1, 0.15) is 28.8 Å². The number of carbonyl (C=O) groups excluding carboxylic acids is 1. The number of carboxylic acid groups (broad SMARTS) is 1. The highest BCUT2D eigenvalue weighted by Crippen LogP contribution is 2.13. The molecule has 2 rings (SSSR count). The number of aryl methyl sites for hydroxylation is 1. The summed E-state index contributed by atoms with van der Waals surface area (Å²) in [6.45, 7) is 2.72. The van der Waals surface area contributed by atoms with Gasteiger partial charge in [-0.15, -0.1) is 0 Å². The van der Waals surface area contributed by atoms with Crippen molar-refractivity contribution < 1.29 is 24.2 Å². The molecule has 0 spiro atoms. The number of carboxylic acids is 1. The lowest BCUT2D eigenvalue weighted by Crippen LogP contribution is -2.24. The van der Waals surface area contributed by atoms with E-state index in [2.05, 4.69) is 5.32 Å². The number of amides is 1. The standard InChI is InChI=1S/C20H23NO5/c1-15-7-9-17(10-8-15)25-12-3-2-11-21-20(24)16-5-4-6-18(13-16)26-14-19(22)23/h4-10,13H,2-3,11-12,14H2,1H3,(H,21,24)(H,22,23). The van der Waals surface area contributed by atoms with E-state index in [0.717, 1.165) is 18.6 Å². The fourth-order valence-corrected chi connectivity index (χ4v) is 2.23. The second kappa shape index (κ2) is 10.1. The zero-order valence-electron chi connectivity index (χ0n) is 14.7. The first-order valence-corrected chi connectivity index (χ1v) is 8.47. The van der Waals surface area contributed by atoms with Crippen molar-refractivity contribution >= 4 is 11.9 Å². The third kappa shape index (κ3) is 6.84. The molecule has 2 aromatic carbocycles. The van der Waals surface area contributed by atoms with E-state index in [0.29, 0.717) is 24.5 Å². The fraction of sp³-hybridized carbons (Fsp3) is 0.300. The van der Waals surface area contributed by atoms with Gasteiger partial charge in [-0.25, -0.2) is 4.79 Å². The molecule has 6 heteroatoms. The summed E-state index contributed by atoms with van der Waals surface area (Å²) in [5.74, 6) is -0.0812. The van der Waals surface area contributed by atoms with Crippen molar-refractivity contribution in [3.8, 4) is 11.5 Å². The van der Waals surface area contributed by atoms with Gasteiger partial charge >= 0.3 is 5.97 Å². The highest BCUT2D eigenvalue weighted by Gasteiger charge is 2.07. The highest BCUT2D eigenvalue weighted by atomic mass is 16.5. The molecule has 6 nitrogen and oxygen atoms in total. The first kappa shape index (κ1) is 19.3. The minimum atomic E-state index is -1.06. The molecule has 0 fully saturated rings. The average molecular weight is 357 g/mol. The Morgan fingerprint density at radius 1 is 1.00 bits per heavy atom. The first-order chi connectivity index (χ1) is 12.5. The quantitative estimate of drug-likeness (QED) is 0.639. The van der Waals surface area contributed by atoms with E-state index in [9.17, 15) is 9.59 Å². The molecule has 0 bridgehead atoms. The van der Waals surface area contributed by atoms with Gasteiger partial charge in [0.1, 0.15) is 11.5 Å². The molecule has 0 aromatic heterocycles. The molecule has 0 saturated heterocycles. The van der Waals surface area contributed by atoms with Crippen LogP contribution in [0.15, 0.2) is 48.5 Å². The Morgan fingerprint density at radius 2 is 1.77 bits per heavy atom. The summed E-state index contributed by atoms with van der Waals surface area (Å²) in [7, 11) is 0. The maximum atomic E-state index is 12.1. The smallest absolute Gasteiger partial charge is 0.341 e. The van der Waals surface area contributed by atoms with Gasteiger partial charge in [0.15, 0.2) is 6.61 Å². The van der Waals surface area contributed by atoms with Crippen LogP contribution in [0.4, 0.5) is 0 Å². The summed E-state index contributed by atoms with van der Waals surface area (Å²) in [4.78, 5) is 22.6. The number of rotatable bonds is 10. The molecule has 138 valence electrons. The maximum absolute atomic E-state index is 12.1. The minimum Gasteiger partial charge on any atom is -0.494 e. The van der Waals surface area contributed by atoms with Gasteiger partial charge in [-0.2, -0.15) is 0 Å². The lowest BCUT2D eigenvalue weighted by atomic mass is 10.2. The van der Waals surface area contributed by atoms with Crippen LogP contribution < -0.4 is 14.8 Å². The largest absolute Gasteiger partial charge is 0.494 e.